The highest BCUT2D eigenvalue weighted by molar-refractivity contribution is 6.00. The van der Waals surface area contributed by atoms with Gasteiger partial charge in [-0.05, 0) is 69.1 Å². The minimum absolute atomic E-state index is 0.0178. The number of pyridine rings is 1. The molecule has 194 valence electrons. The van der Waals surface area contributed by atoms with Gasteiger partial charge in [-0.1, -0.05) is 105 Å². The van der Waals surface area contributed by atoms with Crippen LogP contribution in [0.15, 0.2) is 126 Å². The highest BCUT2D eigenvalue weighted by Crippen LogP contribution is 2.62. The van der Waals surface area contributed by atoms with Crippen molar-refractivity contribution in [3.8, 4) is 11.1 Å². The van der Waals surface area contributed by atoms with Crippen molar-refractivity contribution in [3.05, 3.63) is 160 Å². The molecule has 1 heterocycles. The predicted octanol–water partition coefficient (Wildman–Crippen LogP) is 8.29. The van der Waals surface area contributed by atoms with Gasteiger partial charge in [-0.3, -0.25) is 9.98 Å². The Morgan fingerprint density at radius 3 is 1.90 bits per heavy atom. The van der Waals surface area contributed by atoms with Crippen LogP contribution in [0.4, 0.5) is 0 Å². The molecule has 1 unspecified atom stereocenters. The van der Waals surface area contributed by atoms with Gasteiger partial charge in [-0.25, -0.2) is 4.99 Å². The number of aromatic nitrogens is 1. The van der Waals surface area contributed by atoms with E-state index in [0.717, 1.165) is 11.1 Å². The fourth-order valence-corrected chi connectivity index (χ4v) is 7.02. The molecule has 3 heteroatoms. The molecule has 5 aromatic rings. The van der Waals surface area contributed by atoms with Crippen molar-refractivity contribution in [2.75, 3.05) is 0 Å². The summed E-state index contributed by atoms with van der Waals surface area (Å²) in [6.07, 6.45) is 7.23. The maximum absolute atomic E-state index is 4.67. The highest BCUT2D eigenvalue weighted by atomic mass is 14.9. The Morgan fingerprint density at radius 1 is 0.650 bits per heavy atom. The third-order valence-electron chi connectivity index (χ3n) is 8.87. The zero-order chi connectivity index (χ0) is 27.3. The van der Waals surface area contributed by atoms with E-state index in [2.05, 4.69) is 127 Å². The van der Waals surface area contributed by atoms with Crippen LogP contribution in [0.1, 0.15) is 71.3 Å². The van der Waals surface area contributed by atoms with Gasteiger partial charge < -0.3 is 0 Å². The van der Waals surface area contributed by atoms with Crippen molar-refractivity contribution >= 4 is 12.6 Å². The van der Waals surface area contributed by atoms with Gasteiger partial charge in [0.25, 0.3) is 0 Å². The molecule has 0 saturated heterocycles. The molecule has 0 radical (unpaired) electrons. The summed E-state index contributed by atoms with van der Waals surface area (Å²) in [5.74, 6) is 0. The third kappa shape index (κ3) is 3.40. The number of hydrogen-bond donors (Lipinski definition) is 0. The van der Waals surface area contributed by atoms with Crippen molar-refractivity contribution in [3.63, 3.8) is 0 Å². The molecule has 2 aliphatic carbocycles. The van der Waals surface area contributed by atoms with E-state index in [-0.39, 0.29) is 16.9 Å². The molecule has 0 N–H and O–H groups in total. The number of hydrogen-bond acceptors (Lipinski definition) is 2. The van der Waals surface area contributed by atoms with E-state index >= 15 is 0 Å². The zero-order valence-electron chi connectivity index (χ0n) is 23.0. The molecule has 0 amide bonds. The van der Waals surface area contributed by atoms with Crippen LogP contribution in [0.2, 0.25) is 0 Å². The Morgan fingerprint density at radius 2 is 1.23 bits per heavy atom. The summed E-state index contributed by atoms with van der Waals surface area (Å²) in [5, 5.41) is 0. The number of aliphatic imine (C=N–C) groups is 2. The van der Waals surface area contributed by atoms with E-state index in [0.29, 0.717) is 0 Å². The fourth-order valence-electron chi connectivity index (χ4n) is 7.02. The maximum Gasteiger partial charge on any atom is 0.110 e. The van der Waals surface area contributed by atoms with Crippen LogP contribution >= 0.6 is 0 Å². The first-order valence-electron chi connectivity index (χ1n) is 13.9. The first kappa shape index (κ1) is 24.4. The predicted molar refractivity (Wildman–Crippen MR) is 165 cm³/mol. The van der Waals surface area contributed by atoms with Crippen LogP contribution in [0.25, 0.3) is 11.1 Å². The van der Waals surface area contributed by atoms with Crippen LogP contribution in [0, 0.1) is 0 Å². The summed E-state index contributed by atoms with van der Waals surface area (Å²) in [6, 6.07) is 37.6. The zero-order valence-corrected chi connectivity index (χ0v) is 23.0. The molecule has 0 aliphatic heterocycles. The third-order valence-corrected chi connectivity index (χ3v) is 8.87. The van der Waals surface area contributed by atoms with E-state index in [9.17, 15) is 0 Å². The van der Waals surface area contributed by atoms with E-state index in [4.69, 9.17) is 0 Å². The van der Waals surface area contributed by atoms with Gasteiger partial charge in [0.15, 0.2) is 0 Å². The number of fused-ring (bicyclic) bond motifs is 9. The smallest absolute Gasteiger partial charge is 0.110 e. The lowest BCUT2D eigenvalue weighted by molar-refractivity contribution is 0.563. The molecule has 2 aliphatic rings. The number of nitrogens with zero attached hydrogens (tertiary/aromatic N) is 3. The molecule has 1 spiro atoms. The molecule has 1 aromatic heterocycles. The lowest BCUT2D eigenvalue weighted by Gasteiger charge is -2.46. The van der Waals surface area contributed by atoms with Crippen molar-refractivity contribution in [1.82, 2.24) is 4.98 Å². The van der Waals surface area contributed by atoms with Gasteiger partial charge in [-0.2, -0.15) is 0 Å². The Labute approximate surface area is 236 Å². The largest absolute Gasteiger partial charge is 0.266 e. The Balaban J connectivity index is 1.43. The van der Waals surface area contributed by atoms with E-state index in [1.54, 1.807) is 18.7 Å². The molecule has 40 heavy (non-hydrogen) atoms. The van der Waals surface area contributed by atoms with Crippen molar-refractivity contribution in [2.24, 2.45) is 9.98 Å². The summed E-state index contributed by atoms with van der Waals surface area (Å²) in [6.45, 7) is 6.78. The van der Waals surface area contributed by atoms with Gasteiger partial charge in [-0.15, -0.1) is 0 Å². The molecular formula is C37H31N3. The summed E-state index contributed by atoms with van der Waals surface area (Å²) >= 11 is 0. The van der Waals surface area contributed by atoms with Gasteiger partial charge >= 0.3 is 0 Å². The second-order valence-corrected chi connectivity index (χ2v) is 11.3. The van der Waals surface area contributed by atoms with E-state index < -0.39 is 0 Å². The van der Waals surface area contributed by atoms with E-state index in [1.807, 2.05) is 18.3 Å². The molecule has 3 nitrogen and oxygen atoms in total. The topological polar surface area (TPSA) is 37.6 Å². The summed E-state index contributed by atoms with van der Waals surface area (Å²) in [7, 11) is 0. The summed E-state index contributed by atoms with van der Waals surface area (Å²) < 4.78 is 0. The highest BCUT2D eigenvalue weighted by Gasteiger charge is 2.53. The van der Waals surface area contributed by atoms with Gasteiger partial charge in [0.2, 0.25) is 0 Å². The van der Waals surface area contributed by atoms with Gasteiger partial charge in [0, 0.05) is 29.6 Å². The van der Waals surface area contributed by atoms with Crippen molar-refractivity contribution in [2.45, 2.75) is 37.6 Å². The fraction of sp³-hybridized carbons (Fsp3) is 0.162. The maximum atomic E-state index is 4.67. The second-order valence-electron chi connectivity index (χ2n) is 11.3. The molecular weight excluding hydrogens is 486 g/mol. The van der Waals surface area contributed by atoms with Crippen LogP contribution in [0.3, 0.4) is 0 Å². The number of benzene rings is 4. The van der Waals surface area contributed by atoms with Crippen LogP contribution in [-0.4, -0.2) is 17.5 Å². The molecule has 0 saturated carbocycles. The monoisotopic (exact) mass is 517 g/mol. The molecule has 7 rings (SSSR count). The van der Waals surface area contributed by atoms with Gasteiger partial charge in [0.1, 0.15) is 6.34 Å². The first-order valence-corrected chi connectivity index (χ1v) is 13.9. The Hall–Kier alpha value is -4.63. The van der Waals surface area contributed by atoms with Crippen molar-refractivity contribution < 1.29 is 0 Å². The van der Waals surface area contributed by atoms with Crippen LogP contribution in [-0.2, 0) is 10.8 Å². The standard InChI is InChI=1S/C37H31N3/c1-25(26-19-21-38-22-20-26)40-24-39-23-27-11-10-18-34-35(27)28-12-4-5-13-29(28)37(34)32-16-8-6-14-30(32)36(2,3)31-15-7-9-17-33(31)37/h4-25H,1-3H3. The number of rotatable bonds is 4. The Kier molecular flexibility index (Phi) is 5.64. The average molecular weight is 518 g/mol. The lowest BCUT2D eigenvalue weighted by Crippen LogP contribution is -2.40. The minimum Gasteiger partial charge on any atom is -0.266 e. The average Bonchev–Trinajstić information content (AvgIpc) is 3.30. The molecule has 0 bridgehead atoms. The van der Waals surface area contributed by atoms with Crippen molar-refractivity contribution in [1.29, 1.82) is 0 Å². The SMILES string of the molecule is CC(N=CN=Cc1cccc2c1-c1ccccc1C21c2ccccc2C(C)(C)c2ccccc21)c1ccncc1. The van der Waals surface area contributed by atoms with Crippen LogP contribution < -0.4 is 0 Å². The quantitative estimate of drug-likeness (QED) is 0.171. The normalized spacial score (nSPS) is 16.5. The minimum atomic E-state index is -0.386. The molecule has 1 atom stereocenters. The van der Waals surface area contributed by atoms with Gasteiger partial charge in [0.05, 0.1) is 11.5 Å². The second kappa shape index (κ2) is 9.24. The van der Waals surface area contributed by atoms with E-state index in [1.165, 1.54) is 44.5 Å². The summed E-state index contributed by atoms with van der Waals surface area (Å²) in [4.78, 5) is 13.4. The molecule has 0 fully saturated rings. The lowest BCUT2D eigenvalue weighted by atomic mass is 9.55. The Bertz CT molecular complexity index is 1750. The first-order chi connectivity index (χ1) is 19.5. The van der Waals surface area contributed by atoms with Crippen LogP contribution in [0.5, 0.6) is 0 Å². The molecule has 4 aromatic carbocycles. The summed E-state index contributed by atoms with van der Waals surface area (Å²) in [5.41, 5.74) is 12.4.